The molecule has 0 aromatic heterocycles. The van der Waals surface area contributed by atoms with Gasteiger partial charge in [0.25, 0.3) is 0 Å². The van der Waals surface area contributed by atoms with Crippen LogP contribution in [0.4, 0.5) is 11.4 Å². The van der Waals surface area contributed by atoms with Crippen molar-refractivity contribution in [3.8, 4) is 33.4 Å². The monoisotopic (exact) mass is 497 g/mol. The molecule has 0 aliphatic heterocycles. The third-order valence-electron chi connectivity index (χ3n) is 7.46. The van der Waals surface area contributed by atoms with Gasteiger partial charge in [0.1, 0.15) is 0 Å². The lowest BCUT2D eigenvalue weighted by molar-refractivity contribution is 1.54. The molecule has 1 N–H and O–H groups in total. The summed E-state index contributed by atoms with van der Waals surface area (Å²) in [5.74, 6) is 0. The molecule has 184 valence electrons. The van der Waals surface area contributed by atoms with E-state index in [9.17, 15) is 0 Å². The van der Waals surface area contributed by atoms with Crippen LogP contribution in [0.5, 0.6) is 0 Å². The molecule has 0 fully saturated rings. The molecule has 0 saturated carbocycles. The Morgan fingerprint density at radius 3 is 1.41 bits per heavy atom. The van der Waals surface area contributed by atoms with Gasteiger partial charge in [-0.05, 0) is 79.2 Å². The van der Waals surface area contributed by atoms with E-state index < -0.39 is 0 Å². The largest absolute Gasteiger partial charge is 0.356 e. The lowest BCUT2D eigenvalue weighted by atomic mass is 9.91. The van der Waals surface area contributed by atoms with E-state index in [0.717, 1.165) is 11.4 Å². The Balaban J connectivity index is 1.17. The number of rotatable bonds is 5. The molecule has 0 aliphatic carbocycles. The summed E-state index contributed by atoms with van der Waals surface area (Å²) in [6, 6.07) is 56.3. The summed E-state index contributed by atoms with van der Waals surface area (Å²) in [5.41, 5.74) is 9.58. The van der Waals surface area contributed by atoms with Crippen LogP contribution in [0, 0.1) is 0 Å². The van der Waals surface area contributed by atoms with E-state index in [1.165, 1.54) is 54.9 Å². The second-order valence-electron chi connectivity index (χ2n) is 9.88. The lowest BCUT2D eigenvalue weighted by Gasteiger charge is -2.14. The van der Waals surface area contributed by atoms with Crippen molar-refractivity contribution in [2.45, 2.75) is 0 Å². The summed E-state index contributed by atoms with van der Waals surface area (Å²) >= 11 is 0. The summed E-state index contributed by atoms with van der Waals surface area (Å²) < 4.78 is 0. The van der Waals surface area contributed by atoms with E-state index in [0.29, 0.717) is 0 Å². The minimum Gasteiger partial charge on any atom is -0.356 e. The maximum absolute atomic E-state index is 3.57. The smallest absolute Gasteiger partial charge is 0.0384 e. The predicted octanol–water partition coefficient (Wildman–Crippen LogP) is 10.7. The van der Waals surface area contributed by atoms with Gasteiger partial charge in [-0.15, -0.1) is 0 Å². The molecule has 0 saturated heterocycles. The Hall–Kier alpha value is -5.14. The van der Waals surface area contributed by atoms with Crippen LogP contribution in [0.15, 0.2) is 158 Å². The van der Waals surface area contributed by atoms with Gasteiger partial charge >= 0.3 is 0 Å². The quantitative estimate of drug-likeness (QED) is 0.249. The Morgan fingerprint density at radius 1 is 0.308 bits per heavy atom. The number of hydrogen-bond donors (Lipinski definition) is 1. The van der Waals surface area contributed by atoms with Crippen LogP contribution < -0.4 is 5.32 Å². The van der Waals surface area contributed by atoms with Crippen molar-refractivity contribution in [2.75, 3.05) is 5.32 Å². The zero-order valence-electron chi connectivity index (χ0n) is 21.5. The first-order valence-electron chi connectivity index (χ1n) is 13.4. The molecule has 7 aromatic rings. The van der Waals surface area contributed by atoms with E-state index in [-0.39, 0.29) is 0 Å². The SMILES string of the molecule is c1ccc(-c2cccc3cccc(-c4ccc(Nc5ccc(-c6cccc7ccccc67)cc5)cc4)c23)cc1. The molecule has 0 unspecified atom stereocenters. The minimum atomic E-state index is 1.07. The van der Waals surface area contributed by atoms with Crippen LogP contribution in [0.1, 0.15) is 0 Å². The molecule has 1 nitrogen and oxygen atoms in total. The van der Waals surface area contributed by atoms with Gasteiger partial charge in [0.05, 0.1) is 0 Å². The molecule has 0 bridgehead atoms. The molecule has 0 spiro atoms. The number of benzene rings is 7. The molecule has 1 heteroatoms. The summed E-state index contributed by atoms with van der Waals surface area (Å²) in [6.45, 7) is 0. The van der Waals surface area contributed by atoms with Crippen molar-refractivity contribution >= 4 is 32.9 Å². The van der Waals surface area contributed by atoms with E-state index >= 15 is 0 Å². The maximum Gasteiger partial charge on any atom is 0.0384 e. The van der Waals surface area contributed by atoms with Crippen LogP contribution >= 0.6 is 0 Å². The minimum absolute atomic E-state index is 1.07. The Morgan fingerprint density at radius 2 is 0.769 bits per heavy atom. The zero-order valence-corrected chi connectivity index (χ0v) is 21.5. The molecule has 0 atom stereocenters. The molecular formula is C38H27N. The Bertz CT molecular complexity index is 1890. The van der Waals surface area contributed by atoms with Gasteiger partial charge in [-0.2, -0.15) is 0 Å². The van der Waals surface area contributed by atoms with E-state index in [1.807, 2.05) is 0 Å². The van der Waals surface area contributed by atoms with E-state index in [4.69, 9.17) is 0 Å². The molecule has 0 aliphatic rings. The molecule has 0 radical (unpaired) electrons. The fourth-order valence-electron chi connectivity index (χ4n) is 5.55. The van der Waals surface area contributed by atoms with Crippen LogP contribution in [0.2, 0.25) is 0 Å². The fourth-order valence-corrected chi connectivity index (χ4v) is 5.55. The predicted molar refractivity (Wildman–Crippen MR) is 167 cm³/mol. The number of anilines is 2. The highest BCUT2D eigenvalue weighted by Crippen LogP contribution is 2.37. The standard InChI is InChI=1S/C38H27N/c1-2-9-28(10-3-1)36-17-7-13-31-14-8-18-37(38(31)36)30-21-25-33(26-22-30)39-32-23-19-29(20-24-32)35-16-6-12-27-11-4-5-15-34(27)35/h1-26,39H. The van der Waals surface area contributed by atoms with Crippen molar-refractivity contribution in [1.82, 2.24) is 0 Å². The van der Waals surface area contributed by atoms with Crippen LogP contribution in [-0.2, 0) is 0 Å². The van der Waals surface area contributed by atoms with Gasteiger partial charge in [0.15, 0.2) is 0 Å². The molecule has 39 heavy (non-hydrogen) atoms. The van der Waals surface area contributed by atoms with Crippen molar-refractivity contribution < 1.29 is 0 Å². The highest BCUT2D eigenvalue weighted by atomic mass is 14.9. The molecule has 0 heterocycles. The van der Waals surface area contributed by atoms with E-state index in [2.05, 4.69) is 163 Å². The average Bonchev–Trinajstić information content (AvgIpc) is 3.01. The summed E-state index contributed by atoms with van der Waals surface area (Å²) in [4.78, 5) is 0. The first kappa shape index (κ1) is 23.0. The Kier molecular flexibility index (Phi) is 5.88. The first-order chi connectivity index (χ1) is 19.3. The van der Waals surface area contributed by atoms with Crippen molar-refractivity contribution in [3.05, 3.63) is 158 Å². The molecule has 0 amide bonds. The van der Waals surface area contributed by atoms with Crippen LogP contribution in [-0.4, -0.2) is 0 Å². The molecule has 7 aromatic carbocycles. The first-order valence-corrected chi connectivity index (χ1v) is 13.4. The second-order valence-corrected chi connectivity index (χ2v) is 9.88. The van der Waals surface area contributed by atoms with Gasteiger partial charge in [0.2, 0.25) is 0 Å². The topological polar surface area (TPSA) is 12.0 Å². The maximum atomic E-state index is 3.57. The van der Waals surface area contributed by atoms with Crippen molar-refractivity contribution in [1.29, 1.82) is 0 Å². The van der Waals surface area contributed by atoms with Gasteiger partial charge < -0.3 is 5.32 Å². The summed E-state index contributed by atoms with van der Waals surface area (Å²) in [7, 11) is 0. The van der Waals surface area contributed by atoms with Gasteiger partial charge in [-0.25, -0.2) is 0 Å². The molecule has 7 rings (SSSR count). The van der Waals surface area contributed by atoms with Crippen LogP contribution in [0.25, 0.3) is 54.9 Å². The van der Waals surface area contributed by atoms with Gasteiger partial charge in [-0.3, -0.25) is 0 Å². The van der Waals surface area contributed by atoms with Gasteiger partial charge in [0, 0.05) is 11.4 Å². The van der Waals surface area contributed by atoms with Crippen molar-refractivity contribution in [2.24, 2.45) is 0 Å². The average molecular weight is 498 g/mol. The van der Waals surface area contributed by atoms with Gasteiger partial charge in [-0.1, -0.05) is 133 Å². The number of nitrogens with one attached hydrogen (secondary N) is 1. The zero-order chi connectivity index (χ0) is 26.0. The highest BCUT2D eigenvalue weighted by molar-refractivity contribution is 6.06. The fraction of sp³-hybridized carbons (Fsp3) is 0. The number of hydrogen-bond acceptors (Lipinski definition) is 1. The van der Waals surface area contributed by atoms with E-state index in [1.54, 1.807) is 0 Å². The van der Waals surface area contributed by atoms with Crippen molar-refractivity contribution in [3.63, 3.8) is 0 Å². The highest BCUT2D eigenvalue weighted by Gasteiger charge is 2.10. The van der Waals surface area contributed by atoms with Crippen LogP contribution in [0.3, 0.4) is 0 Å². The third-order valence-corrected chi connectivity index (χ3v) is 7.46. The second kappa shape index (κ2) is 9.96. The third kappa shape index (κ3) is 4.45. The normalized spacial score (nSPS) is 11.1. The lowest BCUT2D eigenvalue weighted by Crippen LogP contribution is -1.91. The molecular weight excluding hydrogens is 470 g/mol. The summed E-state index contributed by atoms with van der Waals surface area (Å²) in [5, 5.41) is 8.65. The number of fused-ring (bicyclic) bond motifs is 2. The summed E-state index contributed by atoms with van der Waals surface area (Å²) in [6.07, 6.45) is 0. The Labute approximate surface area is 229 Å².